The molecule has 3 amide bonds. The van der Waals surface area contributed by atoms with Gasteiger partial charge in [0, 0.05) is 50.1 Å². The standard InChI is InChI=1S/C37H48N4O9S/c1-24-9-13-30(14-10-24)51(45,46)39-29-12-15-32-31(18-29)36(43)41(26(3)22-42)20-25(2)35(47-17-7-6-8-27(4)50-32)21-40(5)37(44)38-28-11-16-33-34(19-28)49-23-48-33/h9-16,18-19,25-27,35,39,42H,6-8,17,20-23H2,1-5H3,(H,38,44)/t25-,26-,27-,35+/m1/s1. The number of benzene rings is 3. The van der Waals surface area contributed by atoms with Gasteiger partial charge in [-0.05, 0) is 82.5 Å². The van der Waals surface area contributed by atoms with Crippen LogP contribution in [-0.4, -0.2) is 93.7 Å². The number of carbonyl (C=O) groups is 2. The number of anilines is 2. The SMILES string of the molecule is Cc1ccc(S(=O)(=O)Nc2ccc3c(c2)C(=O)N([C@H](C)CO)C[C@@H](C)[C@H](CN(C)C(=O)Nc2ccc4c(c2)OCO4)OCCCC[C@@H](C)O3)cc1. The van der Waals surface area contributed by atoms with Crippen molar-refractivity contribution in [3.63, 3.8) is 0 Å². The lowest BCUT2D eigenvalue weighted by Gasteiger charge is -2.35. The number of aliphatic hydroxyl groups excluding tert-OH is 1. The van der Waals surface area contributed by atoms with E-state index < -0.39 is 28.1 Å². The predicted molar refractivity (Wildman–Crippen MR) is 193 cm³/mol. The molecule has 0 radical (unpaired) electrons. The van der Waals surface area contributed by atoms with E-state index in [-0.39, 0.29) is 60.7 Å². The normalized spacial score (nSPS) is 20.4. The van der Waals surface area contributed by atoms with Crippen LogP contribution in [0.15, 0.2) is 65.6 Å². The highest BCUT2D eigenvalue weighted by Crippen LogP contribution is 2.34. The summed E-state index contributed by atoms with van der Waals surface area (Å²) in [7, 11) is -2.27. The number of nitrogens with zero attached hydrogens (tertiary/aromatic N) is 2. The first-order valence-electron chi connectivity index (χ1n) is 17.2. The van der Waals surface area contributed by atoms with Crippen molar-refractivity contribution < 1.29 is 42.1 Å². The zero-order valence-corrected chi connectivity index (χ0v) is 30.6. The summed E-state index contributed by atoms with van der Waals surface area (Å²) >= 11 is 0. The third-order valence-electron chi connectivity index (χ3n) is 9.06. The summed E-state index contributed by atoms with van der Waals surface area (Å²) < 4.78 is 52.5. The van der Waals surface area contributed by atoms with Gasteiger partial charge in [0.15, 0.2) is 11.5 Å². The molecule has 0 saturated carbocycles. The number of urea groups is 1. The van der Waals surface area contributed by atoms with Crippen LogP contribution in [0.1, 0.15) is 56.0 Å². The van der Waals surface area contributed by atoms with E-state index in [1.54, 1.807) is 61.3 Å². The molecular weight excluding hydrogens is 676 g/mol. The number of sulfonamides is 1. The van der Waals surface area contributed by atoms with Gasteiger partial charge < -0.3 is 39.2 Å². The molecule has 14 heteroatoms. The Kier molecular flexibility index (Phi) is 12.3. The fraction of sp³-hybridized carbons (Fsp3) is 0.459. The molecule has 276 valence electrons. The topological polar surface area (TPSA) is 156 Å². The Morgan fingerprint density at radius 3 is 2.45 bits per heavy atom. The van der Waals surface area contributed by atoms with Gasteiger partial charge in [0.25, 0.3) is 15.9 Å². The van der Waals surface area contributed by atoms with Gasteiger partial charge in [-0.1, -0.05) is 24.6 Å². The van der Waals surface area contributed by atoms with E-state index in [4.69, 9.17) is 18.9 Å². The number of nitrogens with one attached hydrogen (secondary N) is 2. The van der Waals surface area contributed by atoms with Crippen molar-refractivity contribution in [1.82, 2.24) is 9.80 Å². The van der Waals surface area contributed by atoms with Crippen molar-refractivity contribution in [1.29, 1.82) is 0 Å². The van der Waals surface area contributed by atoms with Gasteiger partial charge in [-0.25, -0.2) is 13.2 Å². The van der Waals surface area contributed by atoms with Crippen LogP contribution in [0.5, 0.6) is 17.2 Å². The summed E-state index contributed by atoms with van der Waals surface area (Å²) in [5.41, 5.74) is 1.84. The number of amides is 3. The van der Waals surface area contributed by atoms with Crippen LogP contribution >= 0.6 is 0 Å². The first kappa shape index (κ1) is 37.7. The van der Waals surface area contributed by atoms with Gasteiger partial charge in [0.2, 0.25) is 6.79 Å². The fourth-order valence-electron chi connectivity index (χ4n) is 5.93. The molecule has 2 aliphatic rings. The van der Waals surface area contributed by atoms with Crippen LogP contribution in [0.3, 0.4) is 0 Å². The number of likely N-dealkylation sites (N-methyl/N-ethyl adjacent to an activating group) is 1. The van der Waals surface area contributed by atoms with Crippen LogP contribution in [-0.2, 0) is 14.8 Å². The van der Waals surface area contributed by atoms with Crippen molar-refractivity contribution in [2.75, 3.05) is 50.2 Å². The highest BCUT2D eigenvalue weighted by Gasteiger charge is 2.31. The Hall–Kier alpha value is -4.53. The number of hydrogen-bond donors (Lipinski definition) is 3. The van der Waals surface area contributed by atoms with Crippen LogP contribution < -0.4 is 24.2 Å². The number of rotatable bonds is 8. The van der Waals surface area contributed by atoms with E-state index >= 15 is 0 Å². The average Bonchev–Trinajstić information content (AvgIpc) is 3.57. The Labute approximate surface area is 299 Å². The Morgan fingerprint density at radius 1 is 1.00 bits per heavy atom. The predicted octanol–water partition coefficient (Wildman–Crippen LogP) is 5.48. The maximum absolute atomic E-state index is 14.4. The van der Waals surface area contributed by atoms with Gasteiger partial charge in [0.05, 0.1) is 35.3 Å². The van der Waals surface area contributed by atoms with Crippen LogP contribution in [0.25, 0.3) is 0 Å². The molecule has 0 aromatic heterocycles. The summed E-state index contributed by atoms with van der Waals surface area (Å²) in [5.74, 6) is 0.768. The summed E-state index contributed by atoms with van der Waals surface area (Å²) in [5, 5.41) is 13.2. The molecule has 3 N–H and O–H groups in total. The minimum Gasteiger partial charge on any atom is -0.490 e. The molecule has 0 unspecified atom stereocenters. The van der Waals surface area contributed by atoms with Crippen molar-refractivity contribution in [2.45, 2.75) is 70.1 Å². The maximum Gasteiger partial charge on any atom is 0.321 e. The molecule has 3 aromatic carbocycles. The fourth-order valence-corrected chi connectivity index (χ4v) is 6.98. The smallest absolute Gasteiger partial charge is 0.321 e. The molecule has 4 atom stereocenters. The number of fused-ring (bicyclic) bond motifs is 2. The quantitative estimate of drug-likeness (QED) is 0.274. The Balaban J connectivity index is 1.39. The maximum atomic E-state index is 14.4. The van der Waals surface area contributed by atoms with E-state index in [9.17, 15) is 23.1 Å². The molecule has 0 aliphatic carbocycles. The van der Waals surface area contributed by atoms with Crippen LogP contribution in [0, 0.1) is 12.8 Å². The van der Waals surface area contributed by atoms with Crippen LogP contribution in [0.4, 0.5) is 16.2 Å². The summed E-state index contributed by atoms with van der Waals surface area (Å²) in [6.07, 6.45) is 1.54. The van der Waals surface area contributed by atoms with Gasteiger partial charge >= 0.3 is 6.03 Å². The molecule has 2 aliphatic heterocycles. The first-order chi connectivity index (χ1) is 24.3. The molecule has 2 heterocycles. The monoisotopic (exact) mass is 724 g/mol. The second-order valence-corrected chi connectivity index (χ2v) is 15.0. The third kappa shape index (κ3) is 9.63. The molecule has 0 fully saturated rings. The third-order valence-corrected chi connectivity index (χ3v) is 10.5. The Morgan fingerprint density at radius 2 is 1.71 bits per heavy atom. The summed E-state index contributed by atoms with van der Waals surface area (Å²) in [6, 6.07) is 15.4. The van der Waals surface area contributed by atoms with E-state index in [1.165, 1.54) is 23.1 Å². The molecule has 13 nitrogen and oxygen atoms in total. The van der Waals surface area contributed by atoms with E-state index in [0.29, 0.717) is 36.0 Å². The minimum absolute atomic E-state index is 0.0920. The lowest BCUT2D eigenvalue weighted by molar-refractivity contribution is -0.0115. The van der Waals surface area contributed by atoms with Crippen LogP contribution in [0.2, 0.25) is 0 Å². The van der Waals surface area contributed by atoms with Gasteiger partial charge in [-0.15, -0.1) is 0 Å². The van der Waals surface area contributed by atoms with Crippen molar-refractivity contribution >= 4 is 33.3 Å². The number of hydrogen-bond acceptors (Lipinski definition) is 9. The summed E-state index contributed by atoms with van der Waals surface area (Å²) in [4.78, 5) is 30.9. The zero-order valence-electron chi connectivity index (χ0n) is 29.8. The van der Waals surface area contributed by atoms with Gasteiger partial charge in [-0.3, -0.25) is 9.52 Å². The second-order valence-electron chi connectivity index (χ2n) is 13.3. The molecule has 5 rings (SSSR count). The lowest BCUT2D eigenvalue weighted by Crippen LogP contribution is -2.48. The van der Waals surface area contributed by atoms with Gasteiger partial charge in [0.1, 0.15) is 5.75 Å². The van der Waals surface area contributed by atoms with E-state index in [2.05, 4.69) is 10.0 Å². The van der Waals surface area contributed by atoms with Crippen molar-refractivity contribution in [3.05, 3.63) is 71.8 Å². The minimum atomic E-state index is -3.95. The molecule has 3 aromatic rings. The highest BCUT2D eigenvalue weighted by atomic mass is 32.2. The molecular formula is C37H48N4O9S. The van der Waals surface area contributed by atoms with Crippen molar-refractivity contribution in [3.8, 4) is 17.2 Å². The largest absolute Gasteiger partial charge is 0.490 e. The van der Waals surface area contributed by atoms with E-state index in [1.807, 2.05) is 20.8 Å². The number of carbonyl (C=O) groups excluding carboxylic acids is 2. The molecule has 0 bridgehead atoms. The zero-order chi connectivity index (χ0) is 36.7. The average molecular weight is 725 g/mol. The molecule has 0 saturated heterocycles. The molecule has 51 heavy (non-hydrogen) atoms. The summed E-state index contributed by atoms with van der Waals surface area (Å²) in [6.45, 7) is 8.14. The number of aliphatic hydroxyl groups is 1. The second kappa shape index (κ2) is 16.7. The molecule has 0 spiro atoms. The van der Waals surface area contributed by atoms with Gasteiger partial charge in [-0.2, -0.15) is 0 Å². The highest BCUT2D eigenvalue weighted by molar-refractivity contribution is 7.92. The lowest BCUT2D eigenvalue weighted by atomic mass is 10.0. The Bertz CT molecular complexity index is 1790. The van der Waals surface area contributed by atoms with E-state index in [0.717, 1.165) is 18.4 Å². The number of ether oxygens (including phenoxy) is 4. The van der Waals surface area contributed by atoms with Crippen molar-refractivity contribution in [2.24, 2.45) is 5.92 Å². The number of aryl methyl sites for hydroxylation is 1. The first-order valence-corrected chi connectivity index (χ1v) is 18.7.